The highest BCUT2D eigenvalue weighted by atomic mass is 32.2. The van der Waals surface area contributed by atoms with Crippen LogP contribution >= 0.6 is 11.9 Å². The van der Waals surface area contributed by atoms with E-state index in [0.717, 1.165) is 28.9 Å². The largest absolute Gasteiger partial charge is 0.274 e. The molecule has 3 heteroatoms. The van der Waals surface area contributed by atoms with E-state index in [-0.39, 0.29) is 5.82 Å². The Hall–Kier alpha value is -1.58. The van der Waals surface area contributed by atoms with Crippen molar-refractivity contribution in [3.63, 3.8) is 0 Å². The molecule has 19 heavy (non-hydrogen) atoms. The number of allylic oxidation sites excluding steroid dienone is 1. The second-order valence-electron chi connectivity index (χ2n) is 4.65. The minimum atomic E-state index is -0.153. The maximum absolute atomic E-state index is 13.2. The first-order valence-corrected chi connectivity index (χ1v) is 7.10. The molecule has 0 unspecified atom stereocenters. The third kappa shape index (κ3) is 2.57. The SMILES string of the molecule is NSc1ccc(C2=Cc3ccc(F)cc3CC2)cc1. The Kier molecular flexibility index (Phi) is 3.40. The lowest BCUT2D eigenvalue weighted by Gasteiger charge is -2.17. The summed E-state index contributed by atoms with van der Waals surface area (Å²) >= 11 is 1.25. The predicted octanol–water partition coefficient (Wildman–Crippen LogP) is 4.28. The van der Waals surface area contributed by atoms with Crippen LogP contribution in [0.15, 0.2) is 47.4 Å². The predicted molar refractivity (Wildman–Crippen MR) is 79.1 cm³/mol. The summed E-state index contributed by atoms with van der Waals surface area (Å²) in [4.78, 5) is 1.06. The molecule has 3 rings (SSSR count). The summed E-state index contributed by atoms with van der Waals surface area (Å²) in [6.45, 7) is 0. The fourth-order valence-electron chi connectivity index (χ4n) is 2.44. The van der Waals surface area contributed by atoms with E-state index in [1.165, 1.54) is 29.2 Å². The van der Waals surface area contributed by atoms with E-state index >= 15 is 0 Å². The molecule has 1 nitrogen and oxygen atoms in total. The number of benzene rings is 2. The van der Waals surface area contributed by atoms with Gasteiger partial charge in [0.15, 0.2) is 0 Å². The van der Waals surface area contributed by atoms with Gasteiger partial charge < -0.3 is 0 Å². The standard InChI is InChI=1S/C16H14FNS/c17-15-6-3-13-9-12(1-2-14(13)10-15)11-4-7-16(19-18)8-5-11/h3-10H,1-2,18H2. The van der Waals surface area contributed by atoms with Gasteiger partial charge in [0, 0.05) is 4.90 Å². The third-order valence-corrected chi connectivity index (χ3v) is 4.00. The van der Waals surface area contributed by atoms with Crippen molar-refractivity contribution in [1.29, 1.82) is 0 Å². The molecule has 0 bridgehead atoms. The zero-order chi connectivity index (χ0) is 13.2. The molecule has 0 saturated carbocycles. The van der Waals surface area contributed by atoms with Crippen molar-refractivity contribution in [2.24, 2.45) is 5.14 Å². The summed E-state index contributed by atoms with van der Waals surface area (Å²) in [5.74, 6) is -0.153. The molecule has 0 atom stereocenters. The third-order valence-electron chi connectivity index (χ3n) is 3.46. The first-order valence-electron chi connectivity index (χ1n) is 6.22. The lowest BCUT2D eigenvalue weighted by atomic mass is 9.89. The number of fused-ring (bicyclic) bond motifs is 1. The second-order valence-corrected chi connectivity index (χ2v) is 5.36. The highest BCUT2D eigenvalue weighted by molar-refractivity contribution is 7.97. The summed E-state index contributed by atoms with van der Waals surface area (Å²) in [5, 5.41) is 5.52. The quantitative estimate of drug-likeness (QED) is 0.825. The van der Waals surface area contributed by atoms with E-state index in [2.05, 4.69) is 18.2 Å². The maximum atomic E-state index is 13.2. The van der Waals surface area contributed by atoms with Crippen molar-refractivity contribution in [2.45, 2.75) is 17.7 Å². The van der Waals surface area contributed by atoms with Crippen molar-refractivity contribution < 1.29 is 4.39 Å². The van der Waals surface area contributed by atoms with Crippen molar-refractivity contribution in [1.82, 2.24) is 0 Å². The van der Waals surface area contributed by atoms with Gasteiger partial charge in [-0.15, -0.1) is 0 Å². The summed E-state index contributed by atoms with van der Waals surface area (Å²) in [6, 6.07) is 13.3. The number of aryl methyl sites for hydroxylation is 1. The Labute approximate surface area is 116 Å². The molecule has 0 heterocycles. The lowest BCUT2D eigenvalue weighted by Crippen LogP contribution is -1.99. The molecule has 0 amide bonds. The summed E-state index contributed by atoms with van der Waals surface area (Å²) < 4.78 is 13.2. The molecule has 2 aromatic rings. The summed E-state index contributed by atoms with van der Waals surface area (Å²) in [7, 11) is 0. The van der Waals surface area contributed by atoms with E-state index in [1.807, 2.05) is 18.2 Å². The Balaban J connectivity index is 1.95. The Bertz CT molecular complexity index is 632. The van der Waals surface area contributed by atoms with Crippen molar-refractivity contribution in [3.8, 4) is 0 Å². The molecule has 0 fully saturated rings. The molecule has 2 N–H and O–H groups in total. The monoisotopic (exact) mass is 271 g/mol. The normalized spacial score (nSPS) is 13.9. The molecule has 1 aliphatic rings. The molecule has 0 aliphatic heterocycles. The lowest BCUT2D eigenvalue weighted by molar-refractivity contribution is 0.625. The van der Waals surface area contributed by atoms with Gasteiger partial charge in [0.25, 0.3) is 0 Å². The average molecular weight is 271 g/mol. The van der Waals surface area contributed by atoms with Crippen LogP contribution in [0.4, 0.5) is 4.39 Å². The van der Waals surface area contributed by atoms with E-state index in [0.29, 0.717) is 0 Å². The molecule has 0 aromatic heterocycles. The zero-order valence-electron chi connectivity index (χ0n) is 10.4. The average Bonchev–Trinajstić information content (AvgIpc) is 2.47. The van der Waals surface area contributed by atoms with Crippen LogP contribution in [-0.4, -0.2) is 0 Å². The second kappa shape index (κ2) is 5.19. The van der Waals surface area contributed by atoms with Crippen molar-refractivity contribution in [2.75, 3.05) is 0 Å². The summed E-state index contributed by atoms with van der Waals surface area (Å²) in [5.41, 5.74) is 4.73. The molecule has 0 radical (unpaired) electrons. The molecule has 1 aliphatic carbocycles. The molecular weight excluding hydrogens is 257 g/mol. The Morgan fingerprint density at radius 3 is 2.53 bits per heavy atom. The number of hydrogen-bond donors (Lipinski definition) is 1. The van der Waals surface area contributed by atoms with Gasteiger partial charge in [0.1, 0.15) is 5.82 Å². The van der Waals surface area contributed by atoms with Crippen molar-refractivity contribution in [3.05, 3.63) is 65.0 Å². The van der Waals surface area contributed by atoms with Crippen LogP contribution in [0.1, 0.15) is 23.1 Å². The number of rotatable bonds is 2. The van der Waals surface area contributed by atoms with Gasteiger partial charge in [-0.3, -0.25) is 5.14 Å². The first-order chi connectivity index (χ1) is 9.26. The number of nitrogens with two attached hydrogens (primary N) is 1. The van der Waals surface area contributed by atoms with Gasteiger partial charge >= 0.3 is 0 Å². The first kappa shape index (κ1) is 12.5. The van der Waals surface area contributed by atoms with Crippen LogP contribution in [-0.2, 0) is 6.42 Å². The fourth-order valence-corrected chi connectivity index (χ4v) is 2.73. The van der Waals surface area contributed by atoms with E-state index in [4.69, 9.17) is 5.14 Å². The maximum Gasteiger partial charge on any atom is 0.123 e. The molecule has 2 aromatic carbocycles. The molecule has 0 saturated heterocycles. The van der Waals surface area contributed by atoms with Gasteiger partial charge in [-0.05, 0) is 71.3 Å². The van der Waals surface area contributed by atoms with Gasteiger partial charge in [-0.1, -0.05) is 24.3 Å². The summed E-state index contributed by atoms with van der Waals surface area (Å²) in [6.07, 6.45) is 4.00. The van der Waals surface area contributed by atoms with Crippen LogP contribution in [0.25, 0.3) is 11.6 Å². The van der Waals surface area contributed by atoms with Crippen LogP contribution in [0, 0.1) is 5.82 Å². The Morgan fingerprint density at radius 1 is 1.00 bits per heavy atom. The highest BCUT2D eigenvalue weighted by Gasteiger charge is 2.12. The topological polar surface area (TPSA) is 26.0 Å². The van der Waals surface area contributed by atoms with Crippen LogP contribution < -0.4 is 5.14 Å². The number of halogens is 1. The number of hydrogen-bond acceptors (Lipinski definition) is 2. The van der Waals surface area contributed by atoms with Gasteiger partial charge in [-0.25, -0.2) is 4.39 Å². The van der Waals surface area contributed by atoms with E-state index in [1.54, 1.807) is 6.07 Å². The van der Waals surface area contributed by atoms with Gasteiger partial charge in [0.05, 0.1) is 0 Å². The minimum Gasteiger partial charge on any atom is -0.274 e. The molecular formula is C16H14FNS. The molecule has 0 spiro atoms. The van der Waals surface area contributed by atoms with E-state index in [9.17, 15) is 4.39 Å². The van der Waals surface area contributed by atoms with Crippen LogP contribution in [0.3, 0.4) is 0 Å². The van der Waals surface area contributed by atoms with Gasteiger partial charge in [-0.2, -0.15) is 0 Å². The van der Waals surface area contributed by atoms with Crippen LogP contribution in [0.5, 0.6) is 0 Å². The zero-order valence-corrected chi connectivity index (χ0v) is 11.2. The van der Waals surface area contributed by atoms with Gasteiger partial charge in [0.2, 0.25) is 0 Å². The van der Waals surface area contributed by atoms with E-state index < -0.39 is 0 Å². The van der Waals surface area contributed by atoms with Crippen LogP contribution in [0.2, 0.25) is 0 Å². The minimum absolute atomic E-state index is 0.153. The fraction of sp³-hybridized carbons (Fsp3) is 0.125. The smallest absolute Gasteiger partial charge is 0.123 e. The molecule has 96 valence electrons. The highest BCUT2D eigenvalue weighted by Crippen LogP contribution is 2.31. The Morgan fingerprint density at radius 2 is 1.79 bits per heavy atom. The van der Waals surface area contributed by atoms with Crippen molar-refractivity contribution >= 4 is 23.6 Å².